The lowest BCUT2D eigenvalue weighted by atomic mass is 10.1. The first kappa shape index (κ1) is 31.5. The predicted octanol–water partition coefficient (Wildman–Crippen LogP) is 4.31. The van der Waals surface area contributed by atoms with Gasteiger partial charge in [0.05, 0.1) is 42.1 Å². The molecular formula is C31H29F2N7O6S. The largest absolute Gasteiger partial charge is 0.495 e. The second kappa shape index (κ2) is 12.4. The van der Waals surface area contributed by atoms with E-state index in [1.165, 1.54) is 47.3 Å². The van der Waals surface area contributed by atoms with Gasteiger partial charge in [-0.1, -0.05) is 6.07 Å². The molecule has 16 heteroatoms. The van der Waals surface area contributed by atoms with E-state index in [4.69, 9.17) is 15.2 Å². The van der Waals surface area contributed by atoms with Crippen LogP contribution in [0.25, 0.3) is 16.6 Å². The number of para-hydroxylation sites is 1. The average Bonchev–Trinajstić information content (AvgIpc) is 3.78. The maximum absolute atomic E-state index is 14.0. The average molecular weight is 666 g/mol. The van der Waals surface area contributed by atoms with Gasteiger partial charge in [-0.2, -0.15) is 5.10 Å². The Bertz CT molecular complexity index is 2120. The maximum Gasteiger partial charge on any atom is 0.241 e. The molecule has 0 radical (unpaired) electrons. The number of nitrogens with two attached hydrogens (primary N) is 1. The molecule has 2 aromatic carbocycles. The number of pyridine rings is 1. The Balaban J connectivity index is 1.23. The zero-order chi connectivity index (χ0) is 33.5. The number of hydrogen-bond donors (Lipinski definition) is 3. The minimum Gasteiger partial charge on any atom is -0.495 e. The number of rotatable bonds is 10. The number of ketones is 1. The predicted molar refractivity (Wildman–Crippen MR) is 168 cm³/mol. The first-order chi connectivity index (χ1) is 22.4. The van der Waals surface area contributed by atoms with Gasteiger partial charge in [0.1, 0.15) is 17.3 Å². The highest BCUT2D eigenvalue weighted by molar-refractivity contribution is 7.93. The quantitative estimate of drug-likeness (QED) is 0.184. The summed E-state index contributed by atoms with van der Waals surface area (Å²) in [5.41, 5.74) is 8.00. The van der Waals surface area contributed by atoms with E-state index in [1.807, 2.05) is 0 Å². The molecule has 1 amide bonds. The molecule has 47 heavy (non-hydrogen) atoms. The molecular weight excluding hydrogens is 636 g/mol. The Kier molecular flexibility index (Phi) is 8.27. The summed E-state index contributed by atoms with van der Waals surface area (Å²) in [6.07, 6.45) is 4.31. The van der Waals surface area contributed by atoms with Crippen LogP contribution in [0, 0.1) is 18.6 Å². The number of carbonyl (C=O) groups excluding carboxylic acids is 2. The fourth-order valence-corrected chi connectivity index (χ4v) is 6.38. The molecule has 3 aromatic heterocycles. The van der Waals surface area contributed by atoms with Crippen LogP contribution in [0.1, 0.15) is 34.5 Å². The third-order valence-electron chi connectivity index (χ3n) is 7.69. The molecule has 4 N–H and O–H groups in total. The van der Waals surface area contributed by atoms with Crippen molar-refractivity contribution < 1.29 is 36.3 Å². The number of aryl methyl sites for hydroxylation is 1. The van der Waals surface area contributed by atoms with Gasteiger partial charge < -0.3 is 25.1 Å². The number of ether oxygens (including phenoxy) is 2. The van der Waals surface area contributed by atoms with Crippen molar-refractivity contribution >= 4 is 44.1 Å². The fraction of sp³-hybridized carbons (Fsp3) is 0.226. The Labute approximate surface area is 267 Å². The van der Waals surface area contributed by atoms with Crippen molar-refractivity contribution in [2.45, 2.75) is 19.8 Å². The summed E-state index contributed by atoms with van der Waals surface area (Å²) in [7, 11) is -2.69. The Morgan fingerprint density at radius 1 is 1.09 bits per heavy atom. The summed E-state index contributed by atoms with van der Waals surface area (Å²) < 4.78 is 68.2. The normalized spacial score (nSPS) is 13.2. The third kappa shape index (κ3) is 6.31. The van der Waals surface area contributed by atoms with E-state index in [-0.39, 0.29) is 34.4 Å². The summed E-state index contributed by atoms with van der Waals surface area (Å²) >= 11 is 0. The number of aromatic amines is 1. The van der Waals surface area contributed by atoms with E-state index in [0.717, 1.165) is 25.0 Å². The first-order valence-electron chi connectivity index (χ1n) is 14.4. The first-order valence-corrected chi connectivity index (χ1v) is 16.1. The molecule has 5 aromatic rings. The highest BCUT2D eigenvalue weighted by Gasteiger charge is 2.26. The van der Waals surface area contributed by atoms with Crippen LogP contribution >= 0.6 is 0 Å². The van der Waals surface area contributed by atoms with Crippen molar-refractivity contribution in [3.63, 3.8) is 0 Å². The summed E-state index contributed by atoms with van der Waals surface area (Å²) in [5.74, 6) is -3.92. The van der Waals surface area contributed by atoms with Crippen LogP contribution in [0.4, 0.5) is 20.3 Å². The minimum absolute atomic E-state index is 0.000993. The van der Waals surface area contributed by atoms with Gasteiger partial charge in [-0.25, -0.2) is 26.9 Å². The van der Waals surface area contributed by atoms with Crippen LogP contribution in [0.15, 0.2) is 54.9 Å². The number of benzene rings is 2. The fourth-order valence-electron chi connectivity index (χ4n) is 5.31. The highest BCUT2D eigenvalue weighted by atomic mass is 32.2. The molecule has 0 unspecified atom stereocenters. The van der Waals surface area contributed by atoms with E-state index in [0.29, 0.717) is 35.2 Å². The number of H-pyrrole nitrogens is 1. The van der Waals surface area contributed by atoms with Gasteiger partial charge in [0, 0.05) is 30.1 Å². The molecule has 0 spiro atoms. The number of carbonyl (C=O) groups is 2. The third-order valence-corrected chi connectivity index (χ3v) is 8.84. The van der Waals surface area contributed by atoms with E-state index >= 15 is 0 Å². The maximum atomic E-state index is 14.0. The van der Waals surface area contributed by atoms with E-state index < -0.39 is 44.9 Å². The second-order valence-electron chi connectivity index (χ2n) is 10.9. The number of hydrogen-bond acceptors (Lipinski definition) is 9. The SMILES string of the molecule is COc1cc2cc(C(=O)c3cnn(-c4cnc(Oc5c(F)cccc5F)cc4C)c3N)[nH]c2cc1NS(=O)(=O)CC(=O)N1CCCC1. The molecule has 0 aliphatic carbocycles. The molecule has 1 aliphatic heterocycles. The number of halogens is 2. The number of nitrogens with zero attached hydrogens (tertiary/aromatic N) is 4. The van der Waals surface area contributed by atoms with Crippen molar-refractivity contribution in [2.75, 3.05) is 36.4 Å². The lowest BCUT2D eigenvalue weighted by Gasteiger charge is -2.16. The minimum atomic E-state index is -4.06. The number of aromatic nitrogens is 4. The van der Waals surface area contributed by atoms with Crippen LogP contribution in [0.3, 0.4) is 0 Å². The molecule has 0 atom stereocenters. The van der Waals surface area contributed by atoms with Crippen molar-refractivity contribution in [3.8, 4) is 23.1 Å². The van der Waals surface area contributed by atoms with Gasteiger partial charge in [-0.05, 0) is 55.7 Å². The lowest BCUT2D eigenvalue weighted by molar-refractivity contribution is -0.127. The van der Waals surface area contributed by atoms with Crippen LogP contribution in [-0.4, -0.2) is 70.7 Å². The summed E-state index contributed by atoms with van der Waals surface area (Å²) in [4.78, 5) is 34.6. The van der Waals surface area contributed by atoms with E-state index in [1.54, 1.807) is 19.1 Å². The zero-order valence-electron chi connectivity index (χ0n) is 25.2. The Morgan fingerprint density at radius 2 is 1.81 bits per heavy atom. The molecule has 244 valence electrons. The van der Waals surface area contributed by atoms with Gasteiger partial charge >= 0.3 is 0 Å². The van der Waals surface area contributed by atoms with Crippen LogP contribution in [0.2, 0.25) is 0 Å². The highest BCUT2D eigenvalue weighted by Crippen LogP contribution is 2.33. The van der Waals surface area contributed by atoms with Crippen LogP contribution in [-0.2, 0) is 14.8 Å². The summed E-state index contributed by atoms with van der Waals surface area (Å²) in [6, 6.07) is 9.38. The van der Waals surface area contributed by atoms with Crippen molar-refractivity contribution in [2.24, 2.45) is 0 Å². The van der Waals surface area contributed by atoms with Gasteiger partial charge in [-0.3, -0.25) is 14.3 Å². The molecule has 1 fully saturated rings. The number of methoxy groups -OCH3 is 1. The topological polar surface area (TPSA) is 175 Å². The number of fused-ring (bicyclic) bond motifs is 1. The molecule has 0 saturated carbocycles. The van der Waals surface area contributed by atoms with Gasteiger partial charge in [0.15, 0.2) is 11.6 Å². The van der Waals surface area contributed by atoms with E-state index in [9.17, 15) is 26.8 Å². The summed E-state index contributed by atoms with van der Waals surface area (Å²) in [6.45, 7) is 2.75. The van der Waals surface area contributed by atoms with Crippen molar-refractivity contribution in [1.82, 2.24) is 24.6 Å². The number of likely N-dealkylation sites (tertiary alicyclic amines) is 1. The zero-order valence-corrected chi connectivity index (χ0v) is 26.0. The molecule has 1 aliphatic rings. The summed E-state index contributed by atoms with van der Waals surface area (Å²) in [5, 5.41) is 4.80. The molecule has 6 rings (SSSR count). The Morgan fingerprint density at radius 3 is 2.49 bits per heavy atom. The molecule has 13 nitrogen and oxygen atoms in total. The van der Waals surface area contributed by atoms with Gasteiger partial charge in [0.25, 0.3) is 0 Å². The van der Waals surface area contributed by atoms with Crippen LogP contribution in [0.5, 0.6) is 17.4 Å². The second-order valence-corrected chi connectivity index (χ2v) is 12.6. The number of sulfonamides is 1. The van der Waals surface area contributed by atoms with E-state index in [2.05, 4.69) is 19.8 Å². The van der Waals surface area contributed by atoms with Gasteiger partial charge in [0.2, 0.25) is 33.3 Å². The number of nitrogens with one attached hydrogen (secondary N) is 2. The van der Waals surface area contributed by atoms with Gasteiger partial charge in [-0.15, -0.1) is 0 Å². The monoisotopic (exact) mass is 665 g/mol. The lowest BCUT2D eigenvalue weighted by Crippen LogP contribution is -2.35. The number of nitrogen functional groups attached to an aromatic ring is 1. The number of anilines is 2. The standard InChI is InChI=1S/C31H29F2N7O6S/c1-17-10-27(46-30-20(32)6-5-7-21(30)33)35-15-25(17)40-31(34)19(14-36-40)29(42)24-11-18-12-26(45-2)23(13-22(18)37-24)38-47(43,44)16-28(41)39-8-3-4-9-39/h5-7,10-15,37-38H,3-4,8-9,16,34H2,1-2H3. The molecule has 1 saturated heterocycles. The van der Waals surface area contributed by atoms with Crippen molar-refractivity contribution in [1.29, 1.82) is 0 Å². The van der Waals surface area contributed by atoms with Crippen molar-refractivity contribution in [3.05, 3.63) is 83.3 Å². The smallest absolute Gasteiger partial charge is 0.241 e. The Hall–Kier alpha value is -5.51. The van der Waals surface area contributed by atoms with Crippen LogP contribution < -0.4 is 19.9 Å². The number of amides is 1. The molecule has 4 heterocycles. The molecule has 0 bridgehead atoms.